The molecule has 4 rings (SSSR count). The molecular formula is C26H25PS4W-6. The van der Waals surface area contributed by atoms with E-state index >= 15 is 0 Å². The van der Waals surface area contributed by atoms with Crippen LogP contribution < -0.4 is 21.2 Å². The summed E-state index contributed by atoms with van der Waals surface area (Å²) in [6.07, 6.45) is 0. The van der Waals surface area contributed by atoms with Gasteiger partial charge in [0, 0.05) is 21.1 Å². The van der Waals surface area contributed by atoms with Gasteiger partial charge in [0.15, 0.2) is 0 Å². The van der Waals surface area contributed by atoms with Crippen molar-refractivity contribution >= 4 is 81.6 Å². The third kappa shape index (κ3) is 7.73. The molecular weight excluding hydrogens is 655 g/mol. The quantitative estimate of drug-likeness (QED) is 0.220. The van der Waals surface area contributed by atoms with Crippen LogP contribution in [0.15, 0.2) is 121 Å². The van der Waals surface area contributed by atoms with Crippen molar-refractivity contribution in [2.75, 3.05) is 5.75 Å². The monoisotopic (exact) mass is 680 g/mol. The summed E-state index contributed by atoms with van der Waals surface area (Å²) in [6, 6.07) is 43.8. The van der Waals surface area contributed by atoms with Crippen LogP contribution in [0.25, 0.3) is 0 Å². The molecule has 0 N–H and O–H groups in total. The summed E-state index contributed by atoms with van der Waals surface area (Å²) in [4.78, 5) is 0. The van der Waals surface area contributed by atoms with E-state index in [-0.39, 0.29) is 61.6 Å². The summed E-state index contributed by atoms with van der Waals surface area (Å²) < 4.78 is 0. The molecule has 0 amide bonds. The van der Waals surface area contributed by atoms with Gasteiger partial charge in [-0.1, -0.05) is 79.7 Å². The summed E-state index contributed by atoms with van der Waals surface area (Å²) in [5, 5.41) is 5.55. The van der Waals surface area contributed by atoms with Crippen LogP contribution in [0.4, 0.5) is 0 Å². The van der Waals surface area contributed by atoms with Crippen molar-refractivity contribution in [1.29, 1.82) is 0 Å². The number of hydrogen-bond donors (Lipinski definition) is 0. The van der Waals surface area contributed by atoms with Gasteiger partial charge >= 0.3 is 0 Å². The number of benzene rings is 4. The Balaban J connectivity index is 0. The summed E-state index contributed by atoms with van der Waals surface area (Å²) in [5.74, 6) is 0.833. The molecule has 4 aromatic rings. The minimum absolute atomic E-state index is 0. The van der Waals surface area contributed by atoms with E-state index in [0.29, 0.717) is 0 Å². The van der Waals surface area contributed by atoms with Crippen molar-refractivity contribution in [1.82, 2.24) is 0 Å². The molecule has 0 bridgehead atoms. The molecule has 0 spiro atoms. The Morgan fingerprint density at radius 2 is 0.625 bits per heavy atom. The Labute approximate surface area is 235 Å². The minimum atomic E-state index is -1.91. The topological polar surface area (TPSA) is 0 Å². The normalized spacial score (nSPS) is 9.31. The first-order valence-electron chi connectivity index (χ1n) is 9.53. The Bertz CT molecular complexity index is 792. The van der Waals surface area contributed by atoms with Crippen LogP contribution in [0.3, 0.4) is 0 Å². The van der Waals surface area contributed by atoms with Crippen molar-refractivity contribution < 1.29 is 21.1 Å². The molecule has 0 aliphatic carbocycles. The second kappa shape index (κ2) is 17.8. The maximum absolute atomic E-state index is 4.39. The largest absolute Gasteiger partial charge is 2.00 e. The first-order chi connectivity index (χ1) is 13.8. The van der Waals surface area contributed by atoms with Crippen LogP contribution in [0.2, 0.25) is 0 Å². The maximum atomic E-state index is 4.39. The Morgan fingerprint density at radius 3 is 0.781 bits per heavy atom. The smallest absolute Gasteiger partial charge is 0.144 e. The molecule has 0 unspecified atom stereocenters. The van der Waals surface area contributed by atoms with E-state index in [1.807, 2.05) is 6.92 Å². The van der Waals surface area contributed by atoms with Gasteiger partial charge in [-0.2, -0.15) is 5.75 Å². The van der Waals surface area contributed by atoms with Gasteiger partial charge in [0.1, 0.15) is 28.5 Å². The van der Waals surface area contributed by atoms with Gasteiger partial charge in [0.25, 0.3) is 0 Å². The van der Waals surface area contributed by atoms with Gasteiger partial charge in [-0.15, -0.1) is 0 Å². The predicted octanol–water partition coefficient (Wildman–Crippen LogP) is 4.85. The zero-order valence-corrected chi connectivity index (χ0v) is 24.8. The van der Waals surface area contributed by atoms with Gasteiger partial charge < -0.3 is 53.1 Å². The fourth-order valence-electron chi connectivity index (χ4n) is 3.50. The summed E-state index contributed by atoms with van der Waals surface area (Å²) in [7, 11) is -1.91. The summed E-state index contributed by atoms with van der Waals surface area (Å²) in [6.45, 7) is 1.94. The minimum Gasteiger partial charge on any atom is -2.00 e. The zero-order chi connectivity index (χ0) is 19.7. The van der Waals surface area contributed by atoms with E-state index in [2.05, 4.69) is 134 Å². The predicted molar refractivity (Wildman–Crippen MR) is 151 cm³/mol. The van der Waals surface area contributed by atoms with Crippen molar-refractivity contribution in [3.63, 3.8) is 0 Å². The molecule has 0 fully saturated rings. The van der Waals surface area contributed by atoms with Crippen molar-refractivity contribution in [3.05, 3.63) is 121 Å². The van der Waals surface area contributed by atoms with Crippen LogP contribution in [-0.2, 0) is 74.2 Å². The number of rotatable bonds is 4. The van der Waals surface area contributed by atoms with Crippen LogP contribution in [0, 0.1) is 0 Å². The Morgan fingerprint density at radius 1 is 0.469 bits per heavy atom. The van der Waals surface area contributed by atoms with Crippen molar-refractivity contribution in [2.45, 2.75) is 6.92 Å². The molecule has 0 saturated heterocycles. The molecule has 0 radical (unpaired) electrons. The van der Waals surface area contributed by atoms with Gasteiger partial charge in [-0.05, 0) is 48.5 Å². The summed E-state index contributed by atoms with van der Waals surface area (Å²) >= 11 is 4.39. The molecule has 0 aliphatic heterocycles. The van der Waals surface area contributed by atoms with Crippen LogP contribution >= 0.6 is 7.26 Å². The van der Waals surface area contributed by atoms with Gasteiger partial charge in [0.05, 0.1) is 0 Å². The number of hydrogen-bond acceptors (Lipinski definition) is 1. The van der Waals surface area contributed by atoms with E-state index in [1.54, 1.807) is 0 Å². The van der Waals surface area contributed by atoms with Crippen molar-refractivity contribution in [3.8, 4) is 0 Å². The SMILES string of the molecule is CC[S-].[S-2].[S-2].[S-2].[W].c1ccc([P+](c2ccccc2)(c2ccccc2)c2ccccc2)cc1. The third-order valence-corrected chi connectivity index (χ3v) is 8.86. The second-order valence-corrected chi connectivity index (χ2v) is 10.3. The van der Waals surface area contributed by atoms with E-state index in [4.69, 9.17) is 0 Å². The van der Waals surface area contributed by atoms with Crippen LogP contribution in [0.1, 0.15) is 6.92 Å². The van der Waals surface area contributed by atoms with E-state index in [0.717, 1.165) is 5.75 Å². The average molecular weight is 681 g/mol. The fourth-order valence-corrected chi connectivity index (χ4v) is 7.77. The Hall–Kier alpha value is -0.602. The maximum Gasteiger partial charge on any atom is 0.144 e. The first-order valence-corrected chi connectivity index (χ1v) is 11.9. The molecule has 6 heteroatoms. The van der Waals surface area contributed by atoms with Crippen LogP contribution in [-0.4, -0.2) is 5.75 Å². The molecule has 0 atom stereocenters. The average Bonchev–Trinajstić information content (AvgIpc) is 2.78. The van der Waals surface area contributed by atoms with E-state index in [9.17, 15) is 0 Å². The fraction of sp³-hybridized carbons (Fsp3) is 0.0769. The third-order valence-electron chi connectivity index (χ3n) is 4.57. The van der Waals surface area contributed by atoms with Crippen LogP contribution in [0.5, 0.6) is 0 Å². The molecule has 0 aromatic heterocycles. The standard InChI is InChI=1S/C24H20P.C2H6S.3S.W/c1-5-13-21(14-6-1)25(22-15-7-2-8-16-22,23-17-9-3-10-18-23)24-19-11-4-12-20-24;1-2-3;;;;/h1-20H;3H,2H2,1H3;;;;/q+1;;3*-2;/p-1. The second-order valence-electron chi connectivity index (χ2n) is 6.30. The molecule has 0 nitrogen and oxygen atoms in total. The molecule has 0 aliphatic rings. The molecule has 170 valence electrons. The molecule has 4 aromatic carbocycles. The van der Waals surface area contributed by atoms with E-state index in [1.165, 1.54) is 21.2 Å². The van der Waals surface area contributed by atoms with Gasteiger partial charge in [-0.3, -0.25) is 0 Å². The molecule has 0 heterocycles. The summed E-state index contributed by atoms with van der Waals surface area (Å²) in [5.41, 5.74) is 0. The molecule has 0 saturated carbocycles. The van der Waals surface area contributed by atoms with Gasteiger partial charge in [-0.25, -0.2) is 0 Å². The molecule has 32 heavy (non-hydrogen) atoms. The first kappa shape index (κ1) is 33.6. The van der Waals surface area contributed by atoms with E-state index < -0.39 is 7.26 Å². The van der Waals surface area contributed by atoms with Crippen molar-refractivity contribution in [2.24, 2.45) is 0 Å². The Kier molecular flexibility index (Phi) is 18.7. The zero-order valence-electron chi connectivity index (χ0n) is 17.7. The van der Waals surface area contributed by atoms with Gasteiger partial charge in [0.2, 0.25) is 0 Å².